The molecular weight excluding hydrogens is 298 g/mol. The van der Waals surface area contributed by atoms with Crippen molar-refractivity contribution in [2.75, 3.05) is 0 Å². The number of hydrogen-bond acceptors (Lipinski definition) is 2. The van der Waals surface area contributed by atoms with E-state index in [0.29, 0.717) is 21.6 Å². The molecule has 0 unspecified atom stereocenters. The van der Waals surface area contributed by atoms with Crippen molar-refractivity contribution in [2.45, 2.75) is 13.8 Å². The molecule has 0 aliphatic rings. The molecule has 2 aromatic carbocycles. The molecule has 1 aromatic heterocycles. The normalized spacial score (nSPS) is 10.9. The number of halogens is 1. The number of pyridine rings is 1. The van der Waals surface area contributed by atoms with Crippen molar-refractivity contribution in [1.29, 1.82) is 0 Å². The van der Waals surface area contributed by atoms with E-state index in [9.17, 15) is 9.90 Å². The molecule has 0 atom stereocenters. The Morgan fingerprint density at radius 2 is 1.82 bits per heavy atom. The minimum Gasteiger partial charge on any atom is -0.478 e. The first kappa shape index (κ1) is 14.5. The van der Waals surface area contributed by atoms with Gasteiger partial charge in [0.2, 0.25) is 0 Å². The molecule has 3 aromatic rings. The lowest BCUT2D eigenvalue weighted by Crippen LogP contribution is -2.01. The maximum Gasteiger partial charge on any atom is 0.336 e. The molecule has 1 N–H and O–H groups in total. The van der Waals surface area contributed by atoms with Gasteiger partial charge in [-0.25, -0.2) is 9.78 Å². The van der Waals surface area contributed by atoms with Gasteiger partial charge in [0.05, 0.1) is 16.8 Å². The van der Waals surface area contributed by atoms with Crippen molar-refractivity contribution in [1.82, 2.24) is 4.98 Å². The molecule has 110 valence electrons. The fraction of sp³-hybridized carbons (Fsp3) is 0.111. The summed E-state index contributed by atoms with van der Waals surface area (Å²) < 4.78 is 0. The van der Waals surface area contributed by atoms with E-state index in [1.165, 1.54) is 0 Å². The number of carboxylic acid groups (broad SMARTS) is 1. The second-order valence-electron chi connectivity index (χ2n) is 5.32. The third-order valence-electron chi connectivity index (χ3n) is 3.77. The zero-order valence-electron chi connectivity index (χ0n) is 12.2. The Bertz CT molecular complexity index is 903. The molecule has 0 amide bonds. The molecule has 1 heterocycles. The zero-order chi connectivity index (χ0) is 15.9. The van der Waals surface area contributed by atoms with Gasteiger partial charge in [0, 0.05) is 16.0 Å². The fourth-order valence-corrected chi connectivity index (χ4v) is 2.65. The number of aromatic nitrogens is 1. The molecule has 0 saturated carbocycles. The number of nitrogens with zero attached hydrogens (tertiary/aromatic N) is 1. The van der Waals surface area contributed by atoms with Crippen LogP contribution in [0.2, 0.25) is 5.02 Å². The number of rotatable bonds is 2. The van der Waals surface area contributed by atoms with Crippen LogP contribution in [0.25, 0.3) is 22.2 Å². The molecule has 4 heteroatoms. The minimum atomic E-state index is -0.959. The quantitative estimate of drug-likeness (QED) is 0.734. The number of aryl methyl sites for hydroxylation is 2. The summed E-state index contributed by atoms with van der Waals surface area (Å²) in [5.74, 6) is -0.959. The Morgan fingerprint density at radius 1 is 1.09 bits per heavy atom. The summed E-state index contributed by atoms with van der Waals surface area (Å²) in [6.07, 6.45) is 0. The zero-order valence-corrected chi connectivity index (χ0v) is 13.0. The van der Waals surface area contributed by atoms with Gasteiger partial charge in [-0.05, 0) is 55.3 Å². The van der Waals surface area contributed by atoms with Gasteiger partial charge < -0.3 is 5.11 Å². The van der Waals surface area contributed by atoms with Gasteiger partial charge in [-0.1, -0.05) is 23.7 Å². The molecule has 0 radical (unpaired) electrons. The average molecular weight is 312 g/mol. The van der Waals surface area contributed by atoms with E-state index in [0.717, 1.165) is 16.7 Å². The van der Waals surface area contributed by atoms with E-state index in [1.54, 1.807) is 18.2 Å². The van der Waals surface area contributed by atoms with Gasteiger partial charge in [0.1, 0.15) is 0 Å². The smallest absolute Gasteiger partial charge is 0.336 e. The second kappa shape index (κ2) is 5.43. The van der Waals surface area contributed by atoms with Crippen LogP contribution in [-0.2, 0) is 0 Å². The van der Waals surface area contributed by atoms with Crippen LogP contribution >= 0.6 is 11.6 Å². The van der Waals surface area contributed by atoms with Crippen LogP contribution in [0.3, 0.4) is 0 Å². The minimum absolute atomic E-state index is 0.253. The molecule has 0 fully saturated rings. The number of fused-ring (bicyclic) bond motifs is 1. The fourth-order valence-electron chi connectivity index (χ4n) is 2.46. The predicted molar refractivity (Wildman–Crippen MR) is 88.6 cm³/mol. The molecule has 3 rings (SSSR count). The van der Waals surface area contributed by atoms with Gasteiger partial charge in [-0.2, -0.15) is 0 Å². The van der Waals surface area contributed by atoms with Crippen LogP contribution in [0.15, 0.2) is 42.5 Å². The first-order valence-corrected chi connectivity index (χ1v) is 7.25. The van der Waals surface area contributed by atoms with Crippen LogP contribution in [-0.4, -0.2) is 16.1 Å². The first-order chi connectivity index (χ1) is 10.5. The van der Waals surface area contributed by atoms with Gasteiger partial charge in [0.25, 0.3) is 0 Å². The van der Waals surface area contributed by atoms with Crippen molar-refractivity contribution in [3.8, 4) is 11.3 Å². The van der Waals surface area contributed by atoms with Crippen molar-refractivity contribution >= 4 is 28.5 Å². The molecule has 0 spiro atoms. The van der Waals surface area contributed by atoms with Crippen LogP contribution in [0, 0.1) is 13.8 Å². The lowest BCUT2D eigenvalue weighted by atomic mass is 10.00. The van der Waals surface area contributed by atoms with Gasteiger partial charge in [-0.15, -0.1) is 0 Å². The highest BCUT2D eigenvalue weighted by molar-refractivity contribution is 6.30. The van der Waals surface area contributed by atoms with E-state index in [1.807, 2.05) is 38.1 Å². The van der Waals surface area contributed by atoms with Gasteiger partial charge >= 0.3 is 5.97 Å². The Labute approximate surface area is 133 Å². The van der Waals surface area contributed by atoms with Crippen LogP contribution in [0.5, 0.6) is 0 Å². The molecule has 22 heavy (non-hydrogen) atoms. The summed E-state index contributed by atoms with van der Waals surface area (Å²) >= 11 is 6.02. The summed E-state index contributed by atoms with van der Waals surface area (Å²) in [4.78, 5) is 16.2. The van der Waals surface area contributed by atoms with Crippen molar-refractivity contribution in [2.24, 2.45) is 0 Å². The van der Waals surface area contributed by atoms with Crippen molar-refractivity contribution in [3.05, 3.63) is 64.2 Å². The number of benzene rings is 2. The van der Waals surface area contributed by atoms with Gasteiger partial charge in [-0.3, -0.25) is 0 Å². The topological polar surface area (TPSA) is 50.2 Å². The third kappa shape index (κ3) is 2.55. The molecule has 0 bridgehead atoms. The van der Waals surface area contributed by atoms with E-state index < -0.39 is 5.97 Å². The van der Waals surface area contributed by atoms with Crippen molar-refractivity contribution < 1.29 is 9.90 Å². The average Bonchev–Trinajstić information content (AvgIpc) is 2.47. The summed E-state index contributed by atoms with van der Waals surface area (Å²) in [5.41, 5.74) is 4.47. The van der Waals surface area contributed by atoms with Gasteiger partial charge in [0.15, 0.2) is 0 Å². The van der Waals surface area contributed by atoms with Crippen molar-refractivity contribution in [3.63, 3.8) is 0 Å². The molecule has 0 saturated heterocycles. The summed E-state index contributed by atoms with van der Waals surface area (Å²) in [7, 11) is 0. The number of hydrogen-bond donors (Lipinski definition) is 1. The highest BCUT2D eigenvalue weighted by Crippen LogP contribution is 2.28. The third-order valence-corrected chi connectivity index (χ3v) is 4.01. The monoisotopic (exact) mass is 311 g/mol. The maximum absolute atomic E-state index is 11.6. The predicted octanol–water partition coefficient (Wildman–Crippen LogP) is 4.87. The largest absolute Gasteiger partial charge is 0.478 e. The SMILES string of the molecule is Cc1cc2nc(-c3cccc(Cl)c3)cc(C(=O)O)c2cc1C. The van der Waals surface area contributed by atoms with E-state index in [2.05, 4.69) is 4.98 Å². The number of carboxylic acids is 1. The Kier molecular flexibility index (Phi) is 3.59. The Balaban J connectivity index is 2.34. The number of aromatic carboxylic acids is 1. The molecule has 0 aliphatic heterocycles. The van der Waals surface area contributed by atoms with E-state index in [-0.39, 0.29) is 5.56 Å². The van der Waals surface area contributed by atoms with Crippen LogP contribution < -0.4 is 0 Å². The molecule has 0 aliphatic carbocycles. The highest BCUT2D eigenvalue weighted by Gasteiger charge is 2.14. The van der Waals surface area contributed by atoms with E-state index >= 15 is 0 Å². The summed E-state index contributed by atoms with van der Waals surface area (Å²) in [6, 6.07) is 12.6. The van der Waals surface area contributed by atoms with E-state index in [4.69, 9.17) is 11.6 Å². The second-order valence-corrected chi connectivity index (χ2v) is 5.76. The lowest BCUT2D eigenvalue weighted by molar-refractivity contribution is 0.0699. The van der Waals surface area contributed by atoms with Crippen LogP contribution in [0.4, 0.5) is 0 Å². The first-order valence-electron chi connectivity index (χ1n) is 6.87. The lowest BCUT2D eigenvalue weighted by Gasteiger charge is -2.10. The molecular formula is C18H14ClNO2. The maximum atomic E-state index is 11.6. The molecule has 3 nitrogen and oxygen atoms in total. The highest BCUT2D eigenvalue weighted by atomic mass is 35.5. The Hall–Kier alpha value is -2.39. The number of carbonyl (C=O) groups is 1. The summed E-state index contributed by atoms with van der Waals surface area (Å²) in [6.45, 7) is 3.95. The Morgan fingerprint density at radius 3 is 2.50 bits per heavy atom. The summed E-state index contributed by atoms with van der Waals surface area (Å²) in [5, 5.41) is 10.8. The standard InChI is InChI=1S/C18H14ClNO2/c1-10-6-14-15(18(21)22)9-16(20-17(14)7-11(10)2)12-4-3-5-13(19)8-12/h3-9H,1-2H3,(H,21,22). The van der Waals surface area contributed by atoms with Crippen LogP contribution in [0.1, 0.15) is 21.5 Å².